The molecule has 0 aliphatic rings. The molecule has 0 spiro atoms. The maximum atomic E-state index is 10.8. The van der Waals surface area contributed by atoms with E-state index in [9.17, 15) is 5.11 Å². The molecule has 0 aliphatic heterocycles. The molecule has 0 saturated heterocycles. The van der Waals surface area contributed by atoms with Crippen molar-refractivity contribution in [2.45, 2.75) is 59.9 Å². The van der Waals surface area contributed by atoms with E-state index in [1.165, 1.54) is 16.8 Å². The molecule has 1 N–H and O–H groups in total. The fourth-order valence-corrected chi connectivity index (χ4v) is 3.78. The number of aryl methyl sites for hydroxylation is 4. The fraction of sp³-hybridized carbons (Fsp3) is 0.375. The van der Waals surface area contributed by atoms with Gasteiger partial charge in [0, 0.05) is 29.5 Å². The minimum Gasteiger partial charge on any atom is -0.507 e. The van der Waals surface area contributed by atoms with Gasteiger partial charge in [-0.2, -0.15) is 0 Å². The highest BCUT2D eigenvalue weighted by molar-refractivity contribution is 5.92. The van der Waals surface area contributed by atoms with Crippen molar-refractivity contribution >= 4 is 10.9 Å². The van der Waals surface area contributed by atoms with Crippen LogP contribution >= 0.6 is 0 Å². The predicted octanol–water partition coefficient (Wildman–Crippen LogP) is 5.67. The van der Waals surface area contributed by atoms with Crippen LogP contribution in [0.15, 0.2) is 42.6 Å². The summed E-state index contributed by atoms with van der Waals surface area (Å²) in [4.78, 5) is 4.43. The number of hydrogen-bond acceptors (Lipinski definition) is 2. The van der Waals surface area contributed by atoms with Crippen LogP contribution in [0.4, 0.5) is 0 Å². The van der Waals surface area contributed by atoms with Crippen molar-refractivity contribution in [3.8, 4) is 5.75 Å². The summed E-state index contributed by atoms with van der Waals surface area (Å²) in [6, 6.07) is 8.42. The first-order chi connectivity index (χ1) is 13.1. The lowest BCUT2D eigenvalue weighted by Gasteiger charge is -2.12. The Hall–Kier alpha value is -2.55. The molecule has 3 nitrogen and oxygen atoms in total. The van der Waals surface area contributed by atoms with Crippen LogP contribution in [0, 0.1) is 13.8 Å². The lowest BCUT2D eigenvalue weighted by molar-refractivity contribution is 0.477. The van der Waals surface area contributed by atoms with Gasteiger partial charge in [-0.05, 0) is 68.9 Å². The van der Waals surface area contributed by atoms with Crippen molar-refractivity contribution < 1.29 is 5.11 Å². The molecule has 3 aromatic rings. The van der Waals surface area contributed by atoms with E-state index in [1.807, 2.05) is 33.0 Å². The van der Waals surface area contributed by atoms with E-state index in [0.29, 0.717) is 5.75 Å². The summed E-state index contributed by atoms with van der Waals surface area (Å²) in [6.07, 6.45) is 10.2. The molecule has 1 aromatic carbocycles. The third-order valence-corrected chi connectivity index (χ3v) is 5.27. The number of benzene rings is 1. The van der Waals surface area contributed by atoms with Crippen LogP contribution in [0.5, 0.6) is 5.75 Å². The average Bonchev–Trinajstić information content (AvgIpc) is 2.96. The van der Waals surface area contributed by atoms with Gasteiger partial charge in [0.2, 0.25) is 0 Å². The maximum Gasteiger partial charge on any atom is 0.128 e. The van der Waals surface area contributed by atoms with E-state index < -0.39 is 0 Å². The summed E-state index contributed by atoms with van der Waals surface area (Å²) >= 11 is 0. The molecule has 3 heteroatoms. The highest BCUT2D eigenvalue weighted by atomic mass is 16.3. The summed E-state index contributed by atoms with van der Waals surface area (Å²) in [5.74, 6) is 0.431. The van der Waals surface area contributed by atoms with Crippen molar-refractivity contribution in [1.29, 1.82) is 0 Å². The molecular weight excluding hydrogens is 332 g/mol. The number of phenolic OH excluding ortho intramolecular Hbond substituents is 1. The van der Waals surface area contributed by atoms with E-state index >= 15 is 0 Å². The Bertz CT molecular complexity index is 949. The minimum absolute atomic E-state index is 0.431. The summed E-state index contributed by atoms with van der Waals surface area (Å²) in [7, 11) is 0. The summed E-state index contributed by atoms with van der Waals surface area (Å²) in [5.41, 5.74) is 7.00. The van der Waals surface area contributed by atoms with E-state index in [0.717, 1.165) is 54.4 Å². The maximum absolute atomic E-state index is 10.8. The second kappa shape index (κ2) is 8.43. The van der Waals surface area contributed by atoms with E-state index in [2.05, 4.69) is 46.8 Å². The number of allylic oxidation sites excluding steroid dienone is 2. The first kappa shape index (κ1) is 19.2. The van der Waals surface area contributed by atoms with Crippen molar-refractivity contribution in [2.75, 3.05) is 0 Å². The van der Waals surface area contributed by atoms with Crippen LogP contribution < -0.4 is 0 Å². The fourth-order valence-electron chi connectivity index (χ4n) is 3.78. The van der Waals surface area contributed by atoms with Crippen molar-refractivity contribution in [2.24, 2.45) is 0 Å². The van der Waals surface area contributed by atoms with Gasteiger partial charge in [0.1, 0.15) is 5.75 Å². The Morgan fingerprint density at radius 2 is 1.93 bits per heavy atom. The van der Waals surface area contributed by atoms with Crippen LogP contribution in [0.1, 0.15) is 48.3 Å². The molecule has 0 fully saturated rings. The average molecular weight is 363 g/mol. The molecule has 0 bridgehead atoms. The van der Waals surface area contributed by atoms with Crippen LogP contribution in [0.25, 0.3) is 10.9 Å². The highest BCUT2D eigenvalue weighted by Crippen LogP contribution is 2.36. The molecule has 0 amide bonds. The second-order valence-electron chi connectivity index (χ2n) is 7.28. The highest BCUT2D eigenvalue weighted by Gasteiger charge is 2.19. The number of phenols is 1. The Labute approximate surface area is 162 Å². The SMILES string of the molecule is C/C=C\Cc1c(CCC)n(CCc2ccc(C)nc2)c2ccc(C)c(O)c12. The molecular formula is C24H30N2O. The van der Waals surface area contributed by atoms with E-state index in [4.69, 9.17) is 0 Å². The van der Waals surface area contributed by atoms with Crippen LogP contribution in [-0.4, -0.2) is 14.7 Å². The third-order valence-electron chi connectivity index (χ3n) is 5.27. The number of pyridine rings is 1. The molecule has 2 heterocycles. The minimum atomic E-state index is 0.431. The smallest absolute Gasteiger partial charge is 0.128 e. The first-order valence-corrected chi connectivity index (χ1v) is 9.92. The Morgan fingerprint density at radius 3 is 2.59 bits per heavy atom. The normalized spacial score (nSPS) is 11.7. The molecule has 0 saturated carbocycles. The van der Waals surface area contributed by atoms with Crippen LogP contribution in [-0.2, 0) is 25.8 Å². The molecule has 2 aromatic heterocycles. The van der Waals surface area contributed by atoms with Gasteiger partial charge >= 0.3 is 0 Å². The summed E-state index contributed by atoms with van der Waals surface area (Å²) < 4.78 is 2.41. The molecule has 0 radical (unpaired) electrons. The summed E-state index contributed by atoms with van der Waals surface area (Å²) in [5, 5.41) is 11.8. The van der Waals surface area contributed by atoms with Crippen molar-refractivity contribution in [1.82, 2.24) is 9.55 Å². The standard InChI is InChI=1S/C24H30N2O/c1-5-7-9-20-21(8-6-2)26(15-14-19-12-11-18(4)25-16-19)22-13-10-17(3)24(27)23(20)22/h5,7,10-13,16,27H,6,8-9,14-15H2,1-4H3/b7-5-. The number of hydrogen-bond donors (Lipinski definition) is 1. The lowest BCUT2D eigenvalue weighted by Crippen LogP contribution is -2.07. The third kappa shape index (κ3) is 3.92. The van der Waals surface area contributed by atoms with Gasteiger partial charge in [-0.3, -0.25) is 4.98 Å². The van der Waals surface area contributed by atoms with Gasteiger partial charge in [0.25, 0.3) is 0 Å². The number of nitrogens with zero attached hydrogens (tertiary/aromatic N) is 2. The largest absolute Gasteiger partial charge is 0.507 e. The molecule has 142 valence electrons. The quantitative estimate of drug-likeness (QED) is 0.550. The zero-order chi connectivity index (χ0) is 19.4. The first-order valence-electron chi connectivity index (χ1n) is 9.92. The van der Waals surface area contributed by atoms with Gasteiger partial charge in [-0.15, -0.1) is 0 Å². The molecule has 0 aliphatic carbocycles. The van der Waals surface area contributed by atoms with Gasteiger partial charge in [0.05, 0.1) is 5.52 Å². The van der Waals surface area contributed by atoms with Gasteiger partial charge in [-0.25, -0.2) is 0 Å². The van der Waals surface area contributed by atoms with Crippen molar-refractivity contribution in [3.05, 3.63) is 70.7 Å². The van der Waals surface area contributed by atoms with E-state index in [-0.39, 0.29) is 0 Å². The zero-order valence-electron chi connectivity index (χ0n) is 16.9. The van der Waals surface area contributed by atoms with Crippen molar-refractivity contribution in [3.63, 3.8) is 0 Å². The Kier molecular flexibility index (Phi) is 6.00. The molecule has 0 atom stereocenters. The van der Waals surface area contributed by atoms with E-state index in [1.54, 1.807) is 0 Å². The Morgan fingerprint density at radius 1 is 1.11 bits per heavy atom. The van der Waals surface area contributed by atoms with Gasteiger partial charge < -0.3 is 9.67 Å². The monoisotopic (exact) mass is 362 g/mol. The molecule has 3 rings (SSSR count). The zero-order valence-corrected chi connectivity index (χ0v) is 16.9. The molecule has 0 unspecified atom stereocenters. The van der Waals surface area contributed by atoms with Gasteiger partial charge in [0.15, 0.2) is 0 Å². The molecule has 27 heavy (non-hydrogen) atoms. The lowest BCUT2D eigenvalue weighted by atomic mass is 10.0. The summed E-state index contributed by atoms with van der Waals surface area (Å²) in [6.45, 7) is 9.16. The topological polar surface area (TPSA) is 38.0 Å². The van der Waals surface area contributed by atoms with Crippen LogP contribution in [0.3, 0.4) is 0 Å². The Balaban J connectivity index is 2.10. The van der Waals surface area contributed by atoms with Crippen LogP contribution in [0.2, 0.25) is 0 Å². The predicted molar refractivity (Wildman–Crippen MR) is 114 cm³/mol. The number of rotatable bonds is 7. The van der Waals surface area contributed by atoms with Gasteiger partial charge in [-0.1, -0.05) is 37.6 Å². The number of aromatic nitrogens is 2. The number of aromatic hydroxyl groups is 1. The second-order valence-corrected chi connectivity index (χ2v) is 7.28. The number of fused-ring (bicyclic) bond motifs is 1.